The molecule has 19 heavy (non-hydrogen) atoms. The van der Waals surface area contributed by atoms with Gasteiger partial charge >= 0.3 is 0 Å². The third-order valence-corrected chi connectivity index (χ3v) is 3.86. The lowest BCUT2D eigenvalue weighted by Gasteiger charge is -2.03. The predicted molar refractivity (Wildman–Crippen MR) is 85.8 cm³/mol. The first-order valence-electron chi connectivity index (χ1n) is 7.99. The van der Waals surface area contributed by atoms with Crippen LogP contribution in [0.2, 0.25) is 5.02 Å². The average Bonchev–Trinajstić information content (AvgIpc) is 2.41. The molecule has 107 valence electrons. The van der Waals surface area contributed by atoms with Crippen LogP contribution in [0.25, 0.3) is 0 Å². The summed E-state index contributed by atoms with van der Waals surface area (Å²) in [6, 6.07) is 9.11. The minimum absolute atomic E-state index is 0.834. The quantitative estimate of drug-likeness (QED) is 0.400. The van der Waals surface area contributed by atoms with Crippen molar-refractivity contribution in [2.24, 2.45) is 0 Å². The Morgan fingerprint density at radius 2 is 1.47 bits per heavy atom. The molecule has 0 nitrogen and oxygen atoms in total. The van der Waals surface area contributed by atoms with Gasteiger partial charge in [0.1, 0.15) is 0 Å². The van der Waals surface area contributed by atoms with E-state index in [4.69, 9.17) is 11.6 Å². The molecule has 1 heteroatoms. The second-order valence-electron chi connectivity index (χ2n) is 5.46. The molecule has 1 aromatic carbocycles. The van der Waals surface area contributed by atoms with Crippen molar-refractivity contribution in [3.63, 3.8) is 0 Å². The maximum Gasteiger partial charge on any atom is 0.0409 e. The first-order chi connectivity index (χ1) is 9.33. The molecule has 1 aromatic rings. The zero-order valence-corrected chi connectivity index (χ0v) is 13.1. The minimum Gasteiger partial charge on any atom is -0.0843 e. The second kappa shape index (κ2) is 11.3. The van der Waals surface area contributed by atoms with E-state index in [-0.39, 0.29) is 0 Å². The molecule has 0 unspecified atom stereocenters. The van der Waals surface area contributed by atoms with Gasteiger partial charge in [0.15, 0.2) is 0 Å². The van der Waals surface area contributed by atoms with Gasteiger partial charge in [-0.1, -0.05) is 82.4 Å². The highest BCUT2D eigenvalue weighted by Crippen LogP contribution is 2.14. The molecular formula is C18H28Cl. The van der Waals surface area contributed by atoms with Gasteiger partial charge in [0.2, 0.25) is 0 Å². The van der Waals surface area contributed by atoms with Crippen molar-refractivity contribution in [2.75, 3.05) is 0 Å². The maximum atomic E-state index is 5.96. The number of halogens is 1. The van der Waals surface area contributed by atoms with Gasteiger partial charge in [0.25, 0.3) is 0 Å². The Hall–Kier alpha value is -0.490. The zero-order chi connectivity index (χ0) is 13.8. The second-order valence-corrected chi connectivity index (χ2v) is 5.90. The van der Waals surface area contributed by atoms with Gasteiger partial charge in [0, 0.05) is 5.02 Å². The third kappa shape index (κ3) is 9.10. The predicted octanol–water partition coefficient (Wildman–Crippen LogP) is 6.60. The molecule has 0 saturated heterocycles. The summed E-state index contributed by atoms with van der Waals surface area (Å²) in [5, 5.41) is 0.834. The molecule has 0 aromatic heterocycles. The molecule has 0 N–H and O–H groups in total. The van der Waals surface area contributed by atoms with Crippen LogP contribution in [0.5, 0.6) is 0 Å². The summed E-state index contributed by atoms with van der Waals surface area (Å²) < 4.78 is 0. The lowest BCUT2D eigenvalue weighted by molar-refractivity contribution is 0.556. The highest BCUT2D eigenvalue weighted by Gasteiger charge is 1.96. The van der Waals surface area contributed by atoms with Crippen LogP contribution in [0.1, 0.15) is 76.7 Å². The topological polar surface area (TPSA) is 0 Å². The molecule has 1 rings (SSSR count). The van der Waals surface area contributed by atoms with E-state index in [1.807, 2.05) is 18.2 Å². The van der Waals surface area contributed by atoms with Crippen LogP contribution >= 0.6 is 11.6 Å². The third-order valence-electron chi connectivity index (χ3n) is 3.62. The fourth-order valence-electron chi connectivity index (χ4n) is 2.43. The molecule has 1 radical (unpaired) electrons. The molecule has 0 spiro atoms. The van der Waals surface area contributed by atoms with E-state index >= 15 is 0 Å². The van der Waals surface area contributed by atoms with Crippen molar-refractivity contribution in [1.29, 1.82) is 0 Å². The molecule has 0 heterocycles. The zero-order valence-electron chi connectivity index (χ0n) is 12.4. The minimum atomic E-state index is 0.834. The summed E-state index contributed by atoms with van der Waals surface area (Å²) in [5.41, 5.74) is 1.26. The van der Waals surface area contributed by atoms with E-state index in [0.717, 1.165) is 11.4 Å². The summed E-state index contributed by atoms with van der Waals surface area (Å²) in [6.45, 7) is 2.28. The van der Waals surface area contributed by atoms with Crippen LogP contribution in [0, 0.1) is 6.07 Å². The van der Waals surface area contributed by atoms with Crippen molar-refractivity contribution in [2.45, 2.75) is 77.6 Å². The normalized spacial score (nSPS) is 10.8. The van der Waals surface area contributed by atoms with E-state index in [2.05, 4.69) is 13.0 Å². The number of hydrogen-bond acceptors (Lipinski definition) is 0. The Morgan fingerprint density at radius 1 is 0.895 bits per heavy atom. The molecular weight excluding hydrogens is 252 g/mol. The van der Waals surface area contributed by atoms with Crippen molar-refractivity contribution < 1.29 is 0 Å². The Bertz CT molecular complexity index is 319. The number of hydrogen-bond donors (Lipinski definition) is 0. The van der Waals surface area contributed by atoms with Crippen LogP contribution in [0.15, 0.2) is 18.2 Å². The fourth-order valence-corrected chi connectivity index (χ4v) is 2.63. The van der Waals surface area contributed by atoms with E-state index in [1.54, 1.807) is 0 Å². The number of benzene rings is 1. The Kier molecular flexibility index (Phi) is 9.89. The summed E-state index contributed by atoms with van der Waals surface area (Å²) in [4.78, 5) is 0. The van der Waals surface area contributed by atoms with E-state index in [9.17, 15) is 0 Å². The van der Waals surface area contributed by atoms with Crippen molar-refractivity contribution >= 4 is 11.6 Å². The smallest absolute Gasteiger partial charge is 0.0409 e. The molecule has 0 atom stereocenters. The van der Waals surface area contributed by atoms with Crippen molar-refractivity contribution in [3.05, 3.63) is 34.9 Å². The summed E-state index contributed by atoms with van der Waals surface area (Å²) >= 11 is 5.96. The monoisotopic (exact) mass is 279 g/mol. The van der Waals surface area contributed by atoms with Crippen LogP contribution in [-0.2, 0) is 6.42 Å². The lowest BCUT2D eigenvalue weighted by Crippen LogP contribution is -1.87. The first-order valence-corrected chi connectivity index (χ1v) is 8.37. The number of unbranched alkanes of at least 4 members (excludes halogenated alkanes) is 9. The summed E-state index contributed by atoms with van der Waals surface area (Å²) in [6.07, 6.45) is 15.0. The van der Waals surface area contributed by atoms with Crippen LogP contribution < -0.4 is 0 Å². The maximum absolute atomic E-state index is 5.96. The molecule has 0 aliphatic carbocycles. The van der Waals surface area contributed by atoms with Gasteiger partial charge < -0.3 is 0 Å². The molecule has 0 amide bonds. The molecule has 0 bridgehead atoms. The molecule has 0 aliphatic heterocycles. The average molecular weight is 280 g/mol. The van der Waals surface area contributed by atoms with E-state index < -0.39 is 0 Å². The van der Waals surface area contributed by atoms with Crippen LogP contribution in [0.4, 0.5) is 0 Å². The Morgan fingerprint density at radius 3 is 2.05 bits per heavy atom. The van der Waals surface area contributed by atoms with Crippen LogP contribution in [-0.4, -0.2) is 0 Å². The Labute approximate surface area is 124 Å². The molecule has 0 aliphatic rings. The van der Waals surface area contributed by atoms with Crippen LogP contribution in [0.3, 0.4) is 0 Å². The largest absolute Gasteiger partial charge is 0.0843 e. The standard InChI is InChI=1S/C18H28Cl/c1-2-3-4-5-6-7-8-9-10-11-13-17-14-12-15-18(19)16-17/h12,15-16H,2-11,13H2,1H3. The Balaban J connectivity index is 1.89. The number of aryl methyl sites for hydroxylation is 1. The van der Waals surface area contributed by atoms with Gasteiger partial charge in [-0.2, -0.15) is 0 Å². The first kappa shape index (κ1) is 16.6. The van der Waals surface area contributed by atoms with Crippen molar-refractivity contribution in [3.8, 4) is 0 Å². The van der Waals surface area contributed by atoms with Gasteiger partial charge in [-0.05, 0) is 36.6 Å². The summed E-state index contributed by atoms with van der Waals surface area (Å²) in [7, 11) is 0. The lowest BCUT2D eigenvalue weighted by atomic mass is 10.0. The van der Waals surface area contributed by atoms with Crippen molar-refractivity contribution in [1.82, 2.24) is 0 Å². The van der Waals surface area contributed by atoms with E-state index in [0.29, 0.717) is 0 Å². The van der Waals surface area contributed by atoms with Gasteiger partial charge in [-0.3, -0.25) is 0 Å². The van der Waals surface area contributed by atoms with Gasteiger partial charge in [-0.15, -0.1) is 0 Å². The van der Waals surface area contributed by atoms with E-state index in [1.165, 1.54) is 69.8 Å². The molecule has 0 fully saturated rings. The highest BCUT2D eigenvalue weighted by molar-refractivity contribution is 6.30. The highest BCUT2D eigenvalue weighted by atomic mass is 35.5. The SMILES string of the molecule is CCCCCCCCCCCCc1[c]ccc(Cl)c1. The molecule has 0 saturated carbocycles. The fraction of sp³-hybridized carbons (Fsp3) is 0.667. The number of rotatable bonds is 11. The van der Waals surface area contributed by atoms with Gasteiger partial charge in [-0.25, -0.2) is 0 Å². The summed E-state index contributed by atoms with van der Waals surface area (Å²) in [5.74, 6) is 0. The van der Waals surface area contributed by atoms with Gasteiger partial charge in [0.05, 0.1) is 0 Å².